The number of rotatable bonds is 3. The van der Waals surface area contributed by atoms with Crippen molar-refractivity contribution in [1.29, 1.82) is 0 Å². The minimum Gasteiger partial charge on any atom is -0.463 e. The van der Waals surface area contributed by atoms with E-state index in [1.54, 1.807) is 13.8 Å². The molecule has 0 aliphatic carbocycles. The molecule has 86 valence electrons. The average Bonchev–Trinajstić information content (AvgIpc) is 2.16. The van der Waals surface area contributed by atoms with E-state index in [1.807, 2.05) is 0 Å². The number of ether oxygens (including phenoxy) is 1. The van der Waals surface area contributed by atoms with Crippen LogP contribution < -0.4 is 0 Å². The van der Waals surface area contributed by atoms with Crippen molar-refractivity contribution in [3.05, 3.63) is 27.8 Å². The molecule has 0 unspecified atom stereocenters. The molecule has 0 fully saturated rings. The molecule has 1 rings (SSSR count). The Morgan fingerprint density at radius 2 is 1.94 bits per heavy atom. The highest BCUT2D eigenvalue weighted by Crippen LogP contribution is 2.22. The number of esters is 1. The van der Waals surface area contributed by atoms with Gasteiger partial charge < -0.3 is 4.74 Å². The largest absolute Gasteiger partial charge is 0.463 e. The molecule has 0 amide bonds. The van der Waals surface area contributed by atoms with E-state index < -0.39 is 5.97 Å². The number of aryl methyl sites for hydroxylation is 1. The molecule has 6 heteroatoms. The van der Waals surface area contributed by atoms with Crippen molar-refractivity contribution in [2.45, 2.75) is 13.8 Å². The molecule has 0 atom stereocenters. The SMILES string of the molecule is CCOC(=O)/C=C/c1c(Cl)nc(C)nc1Cl. The Hall–Kier alpha value is -1.13. The molecule has 0 aliphatic heterocycles. The van der Waals surface area contributed by atoms with Gasteiger partial charge in [0.1, 0.15) is 16.1 Å². The van der Waals surface area contributed by atoms with Crippen LogP contribution in [0, 0.1) is 6.92 Å². The summed E-state index contributed by atoms with van der Waals surface area (Å²) in [7, 11) is 0. The van der Waals surface area contributed by atoms with Gasteiger partial charge in [-0.25, -0.2) is 14.8 Å². The van der Waals surface area contributed by atoms with E-state index in [9.17, 15) is 4.79 Å². The van der Waals surface area contributed by atoms with Gasteiger partial charge in [-0.15, -0.1) is 0 Å². The molecule has 0 aliphatic rings. The van der Waals surface area contributed by atoms with Gasteiger partial charge in [-0.05, 0) is 19.9 Å². The lowest BCUT2D eigenvalue weighted by atomic mass is 10.3. The van der Waals surface area contributed by atoms with Crippen LogP contribution in [0.5, 0.6) is 0 Å². The summed E-state index contributed by atoms with van der Waals surface area (Å²) in [5, 5.41) is 0.413. The molecule has 1 aromatic heterocycles. The molecule has 0 N–H and O–H groups in total. The van der Waals surface area contributed by atoms with E-state index in [0.29, 0.717) is 18.0 Å². The van der Waals surface area contributed by atoms with Crippen LogP contribution in [0.3, 0.4) is 0 Å². The third kappa shape index (κ3) is 3.47. The number of carbonyl (C=O) groups excluding carboxylic acids is 1. The molecule has 0 radical (unpaired) electrons. The Bertz CT molecular complexity index is 410. The first-order valence-electron chi connectivity index (χ1n) is 4.59. The number of halogens is 2. The van der Waals surface area contributed by atoms with Gasteiger partial charge in [-0.3, -0.25) is 0 Å². The highest BCUT2D eigenvalue weighted by molar-refractivity contribution is 6.35. The zero-order valence-electron chi connectivity index (χ0n) is 8.83. The normalized spacial score (nSPS) is 10.8. The van der Waals surface area contributed by atoms with E-state index in [-0.39, 0.29) is 10.3 Å². The summed E-state index contributed by atoms with van der Waals surface area (Å²) < 4.78 is 4.71. The fourth-order valence-corrected chi connectivity index (χ4v) is 1.59. The number of hydrogen-bond acceptors (Lipinski definition) is 4. The van der Waals surface area contributed by atoms with Gasteiger partial charge in [0.25, 0.3) is 0 Å². The van der Waals surface area contributed by atoms with Crippen LogP contribution in [0.15, 0.2) is 6.08 Å². The number of aromatic nitrogens is 2. The van der Waals surface area contributed by atoms with Crippen molar-refractivity contribution >= 4 is 35.2 Å². The first kappa shape index (κ1) is 12.9. The van der Waals surface area contributed by atoms with Gasteiger partial charge in [0, 0.05) is 11.6 Å². The van der Waals surface area contributed by atoms with Gasteiger partial charge >= 0.3 is 5.97 Å². The van der Waals surface area contributed by atoms with E-state index in [1.165, 1.54) is 12.2 Å². The topological polar surface area (TPSA) is 52.1 Å². The minimum absolute atomic E-state index is 0.207. The monoisotopic (exact) mass is 260 g/mol. The molecule has 1 aromatic rings. The van der Waals surface area contributed by atoms with Crippen LogP contribution in [0.2, 0.25) is 10.3 Å². The summed E-state index contributed by atoms with van der Waals surface area (Å²) in [6.45, 7) is 3.71. The van der Waals surface area contributed by atoms with E-state index in [0.717, 1.165) is 0 Å². The smallest absolute Gasteiger partial charge is 0.330 e. The Kier molecular flexibility index (Phi) is 4.71. The summed E-state index contributed by atoms with van der Waals surface area (Å²) in [4.78, 5) is 18.9. The molecule has 4 nitrogen and oxygen atoms in total. The molecule has 0 bridgehead atoms. The maximum Gasteiger partial charge on any atom is 0.330 e. The molecule has 0 saturated carbocycles. The van der Waals surface area contributed by atoms with Crippen LogP contribution in [-0.2, 0) is 9.53 Å². The average molecular weight is 261 g/mol. The van der Waals surface area contributed by atoms with Gasteiger partial charge in [0.15, 0.2) is 0 Å². The number of carbonyl (C=O) groups is 1. The molecular formula is C10H10Cl2N2O2. The predicted octanol–water partition coefficient (Wildman–Crippen LogP) is 2.67. The zero-order chi connectivity index (χ0) is 12.1. The van der Waals surface area contributed by atoms with Gasteiger partial charge in [-0.1, -0.05) is 23.2 Å². The van der Waals surface area contributed by atoms with E-state index in [4.69, 9.17) is 27.9 Å². The number of hydrogen-bond donors (Lipinski definition) is 0. The highest BCUT2D eigenvalue weighted by Gasteiger charge is 2.07. The fourth-order valence-electron chi connectivity index (χ4n) is 0.994. The van der Waals surface area contributed by atoms with Crippen LogP contribution in [-0.4, -0.2) is 22.5 Å². The number of nitrogens with zero attached hydrogens (tertiary/aromatic N) is 2. The molecule has 0 spiro atoms. The lowest BCUT2D eigenvalue weighted by Gasteiger charge is -2.01. The summed E-state index contributed by atoms with van der Waals surface area (Å²) in [6, 6.07) is 0. The van der Waals surface area contributed by atoms with Crippen molar-refractivity contribution in [2.24, 2.45) is 0 Å². The quantitative estimate of drug-likeness (QED) is 0.477. The van der Waals surface area contributed by atoms with Gasteiger partial charge in [-0.2, -0.15) is 0 Å². The summed E-state index contributed by atoms with van der Waals surface area (Å²) in [5.74, 6) is 0.0125. The second kappa shape index (κ2) is 5.82. The first-order valence-corrected chi connectivity index (χ1v) is 5.34. The molecule has 0 aromatic carbocycles. The minimum atomic E-state index is -0.463. The lowest BCUT2D eigenvalue weighted by Crippen LogP contribution is -1.99. The maximum atomic E-state index is 11.1. The maximum absolute atomic E-state index is 11.1. The van der Waals surface area contributed by atoms with E-state index >= 15 is 0 Å². The van der Waals surface area contributed by atoms with Crippen LogP contribution in [0.4, 0.5) is 0 Å². The highest BCUT2D eigenvalue weighted by atomic mass is 35.5. The first-order chi connectivity index (χ1) is 7.54. The Morgan fingerprint density at radius 1 is 1.38 bits per heavy atom. The summed E-state index contributed by atoms with van der Waals surface area (Å²) >= 11 is 11.7. The van der Waals surface area contributed by atoms with Crippen molar-refractivity contribution in [1.82, 2.24) is 9.97 Å². The van der Waals surface area contributed by atoms with Crippen molar-refractivity contribution in [2.75, 3.05) is 6.61 Å². The second-order valence-electron chi connectivity index (χ2n) is 2.85. The Labute approximate surface area is 103 Å². The van der Waals surface area contributed by atoms with Crippen molar-refractivity contribution in [3.63, 3.8) is 0 Å². The van der Waals surface area contributed by atoms with E-state index in [2.05, 4.69) is 9.97 Å². The summed E-state index contributed by atoms with van der Waals surface area (Å²) in [5.41, 5.74) is 0.405. The standard InChI is InChI=1S/C10H10Cl2N2O2/c1-3-16-8(15)5-4-7-9(11)13-6(2)14-10(7)12/h4-5H,3H2,1-2H3/b5-4+. The van der Waals surface area contributed by atoms with Crippen molar-refractivity contribution in [3.8, 4) is 0 Å². The van der Waals surface area contributed by atoms with Gasteiger partial charge in [0.2, 0.25) is 0 Å². The van der Waals surface area contributed by atoms with Crippen LogP contribution in [0.1, 0.15) is 18.3 Å². The Morgan fingerprint density at radius 3 is 2.44 bits per heavy atom. The van der Waals surface area contributed by atoms with Crippen LogP contribution >= 0.6 is 23.2 Å². The lowest BCUT2D eigenvalue weighted by molar-refractivity contribution is -0.137. The molecule has 16 heavy (non-hydrogen) atoms. The van der Waals surface area contributed by atoms with Crippen molar-refractivity contribution < 1.29 is 9.53 Å². The summed E-state index contributed by atoms with van der Waals surface area (Å²) in [6.07, 6.45) is 2.66. The van der Waals surface area contributed by atoms with Gasteiger partial charge in [0.05, 0.1) is 6.61 Å². The Balaban J connectivity index is 2.93. The predicted molar refractivity (Wildman–Crippen MR) is 62.5 cm³/mol. The third-order valence-electron chi connectivity index (χ3n) is 1.64. The van der Waals surface area contributed by atoms with Crippen LogP contribution in [0.25, 0.3) is 6.08 Å². The molecule has 0 saturated heterocycles. The second-order valence-corrected chi connectivity index (χ2v) is 3.57. The zero-order valence-corrected chi connectivity index (χ0v) is 10.3. The third-order valence-corrected chi connectivity index (χ3v) is 2.21. The fraction of sp³-hybridized carbons (Fsp3) is 0.300. The molecular weight excluding hydrogens is 251 g/mol. The molecule has 1 heterocycles.